The van der Waals surface area contributed by atoms with Crippen molar-refractivity contribution in [2.24, 2.45) is 0 Å². The SMILES string of the molecule is C/C=C\C(=O)Nc1cc(-c2ccc(OC3CCOCC3)c(C#N)c2)ccn1. The molecule has 1 aromatic heterocycles. The second-order valence-electron chi connectivity index (χ2n) is 6.17. The summed E-state index contributed by atoms with van der Waals surface area (Å²) in [5.74, 6) is 0.806. The summed E-state index contributed by atoms with van der Waals surface area (Å²) in [6.45, 7) is 3.14. The predicted octanol–water partition coefficient (Wildman–Crippen LogP) is 3.69. The number of benzene rings is 1. The van der Waals surface area contributed by atoms with Gasteiger partial charge >= 0.3 is 0 Å². The molecular formula is C21H21N3O3. The number of pyridine rings is 1. The van der Waals surface area contributed by atoms with Crippen LogP contribution in [0.4, 0.5) is 5.82 Å². The molecule has 1 aromatic carbocycles. The predicted molar refractivity (Wildman–Crippen MR) is 102 cm³/mol. The Kier molecular flexibility index (Phi) is 6.18. The van der Waals surface area contributed by atoms with Gasteiger partial charge < -0.3 is 14.8 Å². The normalized spacial score (nSPS) is 14.7. The Morgan fingerprint density at radius 1 is 1.30 bits per heavy atom. The molecule has 1 saturated heterocycles. The monoisotopic (exact) mass is 363 g/mol. The maximum absolute atomic E-state index is 11.7. The standard InChI is InChI=1S/C21H21N3O3/c1-2-3-21(25)24-20-13-16(6-9-23-20)15-4-5-19(17(12-15)14-22)27-18-7-10-26-11-8-18/h2-6,9,12-13,18H,7-8,10-11H2,1H3,(H,23,24,25)/b3-2-. The van der Waals surface area contributed by atoms with E-state index in [4.69, 9.17) is 9.47 Å². The Morgan fingerprint density at radius 3 is 2.81 bits per heavy atom. The third-order valence-electron chi connectivity index (χ3n) is 4.22. The number of hydrogen-bond donors (Lipinski definition) is 1. The molecule has 0 saturated carbocycles. The molecule has 1 aliphatic rings. The van der Waals surface area contributed by atoms with Gasteiger partial charge in [0.15, 0.2) is 0 Å². The Morgan fingerprint density at radius 2 is 2.07 bits per heavy atom. The highest BCUT2D eigenvalue weighted by atomic mass is 16.5. The van der Waals surface area contributed by atoms with Gasteiger partial charge in [0.25, 0.3) is 0 Å². The third kappa shape index (κ3) is 4.93. The topological polar surface area (TPSA) is 84.2 Å². The van der Waals surface area contributed by atoms with Crippen molar-refractivity contribution < 1.29 is 14.3 Å². The van der Waals surface area contributed by atoms with Crippen LogP contribution in [0.5, 0.6) is 5.75 Å². The number of nitrogens with one attached hydrogen (secondary N) is 1. The van der Waals surface area contributed by atoms with Gasteiger partial charge in [-0.1, -0.05) is 12.1 Å². The second-order valence-corrected chi connectivity index (χ2v) is 6.17. The number of aromatic nitrogens is 1. The first-order chi connectivity index (χ1) is 13.2. The Balaban J connectivity index is 1.80. The average Bonchev–Trinajstić information content (AvgIpc) is 2.69. The molecule has 0 aliphatic carbocycles. The summed E-state index contributed by atoms with van der Waals surface area (Å²) in [6.07, 6.45) is 6.45. The molecule has 0 unspecified atom stereocenters. The maximum Gasteiger partial charge on any atom is 0.249 e. The summed E-state index contributed by atoms with van der Waals surface area (Å²) in [5, 5.41) is 12.2. The van der Waals surface area contributed by atoms with Crippen molar-refractivity contribution in [3.63, 3.8) is 0 Å². The number of allylic oxidation sites excluding steroid dienone is 1. The Hall–Kier alpha value is -3.17. The van der Waals surface area contributed by atoms with Gasteiger partial charge in [-0.3, -0.25) is 4.79 Å². The number of ether oxygens (including phenoxy) is 2. The molecule has 0 radical (unpaired) electrons. The van der Waals surface area contributed by atoms with Crippen LogP contribution < -0.4 is 10.1 Å². The van der Waals surface area contributed by atoms with Crippen molar-refractivity contribution in [2.75, 3.05) is 18.5 Å². The van der Waals surface area contributed by atoms with Crippen molar-refractivity contribution in [1.29, 1.82) is 5.26 Å². The fraction of sp³-hybridized carbons (Fsp3) is 0.286. The zero-order valence-corrected chi connectivity index (χ0v) is 15.1. The van der Waals surface area contributed by atoms with E-state index in [9.17, 15) is 10.1 Å². The van der Waals surface area contributed by atoms with Crippen LogP contribution >= 0.6 is 0 Å². The molecule has 1 aliphatic heterocycles. The van der Waals surface area contributed by atoms with Crippen molar-refractivity contribution in [3.05, 3.63) is 54.2 Å². The molecule has 1 N–H and O–H groups in total. The van der Waals surface area contributed by atoms with Gasteiger partial charge in [-0.25, -0.2) is 4.98 Å². The Labute approximate surface area is 158 Å². The summed E-state index contributed by atoms with van der Waals surface area (Å²) < 4.78 is 11.3. The lowest BCUT2D eigenvalue weighted by molar-refractivity contribution is -0.111. The largest absolute Gasteiger partial charge is 0.489 e. The molecule has 3 rings (SSSR count). The zero-order valence-electron chi connectivity index (χ0n) is 15.1. The molecule has 0 atom stereocenters. The molecule has 6 heteroatoms. The minimum absolute atomic E-state index is 0.0751. The number of nitriles is 1. The first-order valence-corrected chi connectivity index (χ1v) is 8.88. The van der Waals surface area contributed by atoms with Crippen molar-refractivity contribution in [1.82, 2.24) is 4.98 Å². The first-order valence-electron chi connectivity index (χ1n) is 8.88. The number of anilines is 1. The zero-order chi connectivity index (χ0) is 19.1. The van der Waals surface area contributed by atoms with Crippen molar-refractivity contribution in [3.8, 4) is 22.9 Å². The third-order valence-corrected chi connectivity index (χ3v) is 4.22. The van der Waals surface area contributed by atoms with Gasteiger partial charge in [-0.2, -0.15) is 5.26 Å². The molecule has 2 heterocycles. The van der Waals surface area contributed by atoms with Crippen LogP contribution in [-0.4, -0.2) is 30.2 Å². The van der Waals surface area contributed by atoms with Crippen LogP contribution in [-0.2, 0) is 9.53 Å². The van der Waals surface area contributed by atoms with Gasteiger partial charge in [-0.15, -0.1) is 0 Å². The smallest absolute Gasteiger partial charge is 0.249 e. The van der Waals surface area contributed by atoms with Crippen LogP contribution in [0.2, 0.25) is 0 Å². The van der Waals surface area contributed by atoms with E-state index in [1.807, 2.05) is 18.2 Å². The highest BCUT2D eigenvalue weighted by molar-refractivity contribution is 5.98. The lowest BCUT2D eigenvalue weighted by Gasteiger charge is -2.23. The van der Waals surface area contributed by atoms with E-state index in [1.54, 1.807) is 31.3 Å². The molecule has 2 aromatic rings. The minimum atomic E-state index is -0.236. The molecule has 1 amide bonds. The summed E-state index contributed by atoms with van der Waals surface area (Å²) in [4.78, 5) is 15.8. The number of rotatable bonds is 5. The summed E-state index contributed by atoms with van der Waals surface area (Å²) >= 11 is 0. The van der Waals surface area contributed by atoms with Gasteiger partial charge in [0.1, 0.15) is 23.7 Å². The molecule has 138 valence electrons. The summed E-state index contributed by atoms with van der Waals surface area (Å²) in [6, 6.07) is 11.3. The lowest BCUT2D eigenvalue weighted by atomic mass is 10.0. The quantitative estimate of drug-likeness (QED) is 0.819. The minimum Gasteiger partial charge on any atom is -0.489 e. The van der Waals surface area contributed by atoms with E-state index < -0.39 is 0 Å². The van der Waals surface area contributed by atoms with Gasteiger partial charge in [0.2, 0.25) is 5.91 Å². The van der Waals surface area contributed by atoms with Crippen LogP contribution in [0.1, 0.15) is 25.3 Å². The van der Waals surface area contributed by atoms with Crippen LogP contribution in [0.15, 0.2) is 48.7 Å². The molecular weight excluding hydrogens is 342 g/mol. The Bertz CT molecular complexity index is 880. The van der Waals surface area contributed by atoms with Crippen LogP contribution in [0.3, 0.4) is 0 Å². The van der Waals surface area contributed by atoms with E-state index >= 15 is 0 Å². The molecule has 1 fully saturated rings. The van der Waals surface area contributed by atoms with Gasteiger partial charge in [0, 0.05) is 19.0 Å². The molecule has 0 bridgehead atoms. The summed E-state index contributed by atoms with van der Waals surface area (Å²) in [7, 11) is 0. The van der Waals surface area contributed by atoms with Crippen LogP contribution in [0, 0.1) is 11.3 Å². The second kappa shape index (κ2) is 8.97. The number of hydrogen-bond acceptors (Lipinski definition) is 5. The first kappa shape index (κ1) is 18.6. The van der Waals surface area contributed by atoms with E-state index in [2.05, 4.69) is 16.4 Å². The summed E-state index contributed by atoms with van der Waals surface area (Å²) in [5.41, 5.74) is 2.19. The molecule has 6 nitrogen and oxygen atoms in total. The van der Waals surface area contributed by atoms with Crippen molar-refractivity contribution >= 4 is 11.7 Å². The number of carbonyl (C=O) groups is 1. The van der Waals surface area contributed by atoms with Gasteiger partial charge in [-0.05, 0) is 48.4 Å². The lowest BCUT2D eigenvalue weighted by Crippen LogP contribution is -2.26. The van der Waals surface area contributed by atoms with Crippen molar-refractivity contribution in [2.45, 2.75) is 25.9 Å². The number of carbonyl (C=O) groups excluding carboxylic acids is 1. The maximum atomic E-state index is 11.7. The highest BCUT2D eigenvalue weighted by Gasteiger charge is 2.17. The number of nitrogens with zero attached hydrogens (tertiary/aromatic N) is 2. The van der Waals surface area contributed by atoms with E-state index in [0.29, 0.717) is 30.3 Å². The van der Waals surface area contributed by atoms with Crippen LogP contribution in [0.25, 0.3) is 11.1 Å². The van der Waals surface area contributed by atoms with E-state index in [0.717, 1.165) is 24.0 Å². The van der Waals surface area contributed by atoms with E-state index in [1.165, 1.54) is 6.08 Å². The fourth-order valence-electron chi connectivity index (χ4n) is 2.87. The van der Waals surface area contributed by atoms with Gasteiger partial charge in [0.05, 0.1) is 18.8 Å². The highest BCUT2D eigenvalue weighted by Crippen LogP contribution is 2.29. The average molecular weight is 363 g/mol. The molecule has 0 spiro atoms. The fourth-order valence-corrected chi connectivity index (χ4v) is 2.87. The van der Waals surface area contributed by atoms with E-state index in [-0.39, 0.29) is 12.0 Å². The number of amides is 1. The molecule has 27 heavy (non-hydrogen) atoms.